The number of amides is 1. The standard InChI is InChI=1S/C29H25ClN2O6S/c1-2-36-28-18-23(14-16-27(28)37-20-21-9-5-3-6-10-21)29(33)32-31-19-22-13-15-26(25(30)17-22)38-39(34,35)24-11-7-4-8-12-24/h3-19H,2,20H2,1H3,(H,32,33)/b31-19+. The van der Waals surface area contributed by atoms with Gasteiger partial charge in [0.15, 0.2) is 17.2 Å². The zero-order chi connectivity index (χ0) is 27.7. The number of benzene rings is 4. The fourth-order valence-corrected chi connectivity index (χ4v) is 4.66. The molecule has 0 heterocycles. The molecule has 0 atom stereocenters. The van der Waals surface area contributed by atoms with Gasteiger partial charge >= 0.3 is 10.1 Å². The van der Waals surface area contributed by atoms with E-state index in [1.54, 1.807) is 42.5 Å². The van der Waals surface area contributed by atoms with Crippen LogP contribution in [0.15, 0.2) is 107 Å². The van der Waals surface area contributed by atoms with Crippen LogP contribution < -0.4 is 19.1 Å². The maximum Gasteiger partial charge on any atom is 0.339 e. The lowest BCUT2D eigenvalue weighted by Crippen LogP contribution is -2.17. The summed E-state index contributed by atoms with van der Waals surface area (Å²) in [6, 6.07) is 26.8. The Morgan fingerprint density at radius 1 is 0.872 bits per heavy atom. The van der Waals surface area contributed by atoms with Gasteiger partial charge < -0.3 is 13.7 Å². The van der Waals surface area contributed by atoms with E-state index < -0.39 is 16.0 Å². The lowest BCUT2D eigenvalue weighted by atomic mass is 10.2. The van der Waals surface area contributed by atoms with Gasteiger partial charge in [-0.2, -0.15) is 13.5 Å². The smallest absolute Gasteiger partial charge is 0.339 e. The van der Waals surface area contributed by atoms with E-state index >= 15 is 0 Å². The van der Waals surface area contributed by atoms with Crippen LogP contribution in [-0.4, -0.2) is 27.1 Å². The summed E-state index contributed by atoms with van der Waals surface area (Å²) in [5.41, 5.74) is 4.31. The van der Waals surface area contributed by atoms with Crippen molar-refractivity contribution in [3.05, 3.63) is 119 Å². The number of hydrogen-bond acceptors (Lipinski definition) is 7. The fourth-order valence-electron chi connectivity index (χ4n) is 3.42. The molecule has 39 heavy (non-hydrogen) atoms. The number of carbonyl (C=O) groups excluding carboxylic acids is 1. The molecule has 0 bridgehead atoms. The van der Waals surface area contributed by atoms with Crippen LogP contribution in [-0.2, 0) is 16.7 Å². The maximum absolute atomic E-state index is 12.7. The highest BCUT2D eigenvalue weighted by atomic mass is 35.5. The van der Waals surface area contributed by atoms with E-state index in [9.17, 15) is 13.2 Å². The molecular formula is C29H25ClN2O6S. The zero-order valence-electron chi connectivity index (χ0n) is 20.9. The molecule has 0 fully saturated rings. The molecule has 4 aromatic carbocycles. The van der Waals surface area contributed by atoms with Crippen LogP contribution >= 0.6 is 11.6 Å². The number of halogens is 1. The molecule has 0 saturated carbocycles. The molecule has 0 aromatic heterocycles. The Bertz CT molecular complexity index is 1560. The van der Waals surface area contributed by atoms with E-state index in [0.29, 0.717) is 35.8 Å². The summed E-state index contributed by atoms with van der Waals surface area (Å²) in [6.07, 6.45) is 1.38. The van der Waals surface area contributed by atoms with Crippen molar-refractivity contribution < 1.29 is 26.9 Å². The van der Waals surface area contributed by atoms with Gasteiger partial charge in [0.2, 0.25) is 0 Å². The molecule has 0 aliphatic rings. The highest BCUT2D eigenvalue weighted by Crippen LogP contribution is 2.30. The van der Waals surface area contributed by atoms with Crippen molar-refractivity contribution in [3.63, 3.8) is 0 Å². The van der Waals surface area contributed by atoms with Gasteiger partial charge in [0.1, 0.15) is 11.5 Å². The van der Waals surface area contributed by atoms with Crippen LogP contribution in [0.25, 0.3) is 0 Å². The second kappa shape index (κ2) is 12.9. The van der Waals surface area contributed by atoms with Gasteiger partial charge in [-0.3, -0.25) is 4.79 Å². The number of rotatable bonds is 11. The number of carbonyl (C=O) groups is 1. The van der Waals surface area contributed by atoms with Gasteiger partial charge in [-0.1, -0.05) is 60.1 Å². The summed E-state index contributed by atoms with van der Waals surface area (Å²) in [4.78, 5) is 12.7. The largest absolute Gasteiger partial charge is 0.490 e. The first-order chi connectivity index (χ1) is 18.9. The first-order valence-corrected chi connectivity index (χ1v) is 13.7. The van der Waals surface area contributed by atoms with E-state index in [0.717, 1.165) is 5.56 Å². The van der Waals surface area contributed by atoms with E-state index in [2.05, 4.69) is 10.5 Å². The van der Waals surface area contributed by atoms with Gasteiger partial charge in [0, 0.05) is 5.56 Å². The Balaban J connectivity index is 1.39. The van der Waals surface area contributed by atoms with Crippen LogP contribution in [0.5, 0.6) is 17.2 Å². The highest BCUT2D eigenvalue weighted by molar-refractivity contribution is 7.87. The van der Waals surface area contributed by atoms with E-state index in [4.69, 9.17) is 25.3 Å². The summed E-state index contributed by atoms with van der Waals surface area (Å²) in [5.74, 6) is 0.478. The summed E-state index contributed by atoms with van der Waals surface area (Å²) in [5, 5.41) is 4.04. The summed E-state index contributed by atoms with van der Waals surface area (Å²) >= 11 is 6.22. The predicted molar refractivity (Wildman–Crippen MR) is 149 cm³/mol. The van der Waals surface area contributed by atoms with Crippen molar-refractivity contribution in [2.45, 2.75) is 18.4 Å². The number of nitrogens with one attached hydrogen (secondary N) is 1. The fraction of sp³-hybridized carbons (Fsp3) is 0.103. The van der Waals surface area contributed by atoms with Gasteiger partial charge in [0.05, 0.1) is 17.8 Å². The molecule has 0 spiro atoms. The first kappa shape index (κ1) is 27.7. The van der Waals surface area contributed by atoms with Gasteiger partial charge in [-0.05, 0) is 66.6 Å². The molecule has 8 nitrogen and oxygen atoms in total. The predicted octanol–water partition coefficient (Wildman–Crippen LogP) is 5.85. The van der Waals surface area contributed by atoms with Crippen molar-refractivity contribution >= 4 is 33.8 Å². The van der Waals surface area contributed by atoms with Crippen molar-refractivity contribution in [2.24, 2.45) is 5.10 Å². The molecule has 0 aliphatic carbocycles. The topological polar surface area (TPSA) is 103 Å². The Hall–Kier alpha value is -4.34. The number of nitrogens with zero attached hydrogens (tertiary/aromatic N) is 1. The number of hydrazone groups is 1. The molecule has 10 heteroatoms. The molecule has 0 saturated heterocycles. The summed E-state index contributed by atoms with van der Waals surface area (Å²) in [6.45, 7) is 2.61. The van der Waals surface area contributed by atoms with Crippen LogP contribution in [0.1, 0.15) is 28.4 Å². The Morgan fingerprint density at radius 2 is 1.56 bits per heavy atom. The Kier molecular flexibility index (Phi) is 9.19. The normalized spacial score (nSPS) is 11.2. The maximum atomic E-state index is 12.7. The second-order valence-electron chi connectivity index (χ2n) is 8.11. The molecule has 4 rings (SSSR count). The zero-order valence-corrected chi connectivity index (χ0v) is 22.5. The molecule has 1 N–H and O–H groups in total. The summed E-state index contributed by atoms with van der Waals surface area (Å²) < 4.78 is 41.6. The van der Waals surface area contributed by atoms with Crippen LogP contribution in [0, 0.1) is 0 Å². The molecule has 200 valence electrons. The van der Waals surface area contributed by atoms with Crippen molar-refractivity contribution in [2.75, 3.05) is 6.61 Å². The minimum Gasteiger partial charge on any atom is -0.490 e. The lowest BCUT2D eigenvalue weighted by Gasteiger charge is -2.13. The minimum absolute atomic E-state index is 0.0118. The lowest BCUT2D eigenvalue weighted by molar-refractivity contribution is 0.0954. The van der Waals surface area contributed by atoms with Crippen LogP contribution in [0.2, 0.25) is 5.02 Å². The molecule has 0 radical (unpaired) electrons. The van der Waals surface area contributed by atoms with E-state index in [-0.39, 0.29) is 15.7 Å². The van der Waals surface area contributed by atoms with E-state index in [1.807, 2.05) is 37.3 Å². The van der Waals surface area contributed by atoms with Gasteiger partial charge in [0.25, 0.3) is 5.91 Å². The van der Waals surface area contributed by atoms with Crippen LogP contribution in [0.3, 0.4) is 0 Å². The summed E-state index contributed by atoms with van der Waals surface area (Å²) in [7, 11) is -4.03. The van der Waals surface area contributed by atoms with E-state index in [1.165, 1.54) is 30.5 Å². The Morgan fingerprint density at radius 3 is 2.26 bits per heavy atom. The molecule has 0 aliphatic heterocycles. The quantitative estimate of drug-likeness (QED) is 0.139. The molecule has 4 aromatic rings. The third-order valence-corrected chi connectivity index (χ3v) is 6.85. The monoisotopic (exact) mass is 564 g/mol. The average Bonchev–Trinajstić information content (AvgIpc) is 2.95. The molecular weight excluding hydrogens is 540 g/mol. The molecule has 1 amide bonds. The van der Waals surface area contributed by atoms with Crippen molar-refractivity contribution in [3.8, 4) is 17.2 Å². The number of ether oxygens (including phenoxy) is 2. The second-order valence-corrected chi connectivity index (χ2v) is 10.1. The third kappa shape index (κ3) is 7.59. The van der Waals surface area contributed by atoms with Crippen LogP contribution in [0.4, 0.5) is 0 Å². The SMILES string of the molecule is CCOc1cc(C(=O)N/N=C/c2ccc(OS(=O)(=O)c3ccccc3)c(Cl)c2)ccc1OCc1ccccc1. The first-order valence-electron chi connectivity index (χ1n) is 11.9. The molecule has 0 unspecified atom stereocenters. The van der Waals surface area contributed by atoms with Gasteiger partial charge in [-0.25, -0.2) is 5.43 Å². The van der Waals surface area contributed by atoms with Crippen molar-refractivity contribution in [1.82, 2.24) is 5.43 Å². The van der Waals surface area contributed by atoms with Gasteiger partial charge in [-0.15, -0.1) is 0 Å². The average molecular weight is 565 g/mol. The van der Waals surface area contributed by atoms with Crippen molar-refractivity contribution in [1.29, 1.82) is 0 Å². The minimum atomic E-state index is -4.03. The Labute approximate surface area is 231 Å². The third-order valence-electron chi connectivity index (χ3n) is 5.31. The highest BCUT2D eigenvalue weighted by Gasteiger charge is 2.18. The number of hydrogen-bond donors (Lipinski definition) is 1.